The summed E-state index contributed by atoms with van der Waals surface area (Å²) in [6.07, 6.45) is 3.60. The Morgan fingerprint density at radius 1 is 1.15 bits per heavy atom. The highest BCUT2D eigenvalue weighted by Gasteiger charge is 2.04. The Bertz CT molecular complexity index is 753. The second kappa shape index (κ2) is 5.59. The first-order chi connectivity index (χ1) is 9.74. The Kier molecular flexibility index (Phi) is 3.65. The van der Waals surface area contributed by atoms with E-state index >= 15 is 0 Å². The molecule has 1 N–H and O–H groups in total. The monoisotopic (exact) mass is 330 g/mol. The van der Waals surface area contributed by atoms with Crippen LogP contribution in [0.3, 0.4) is 0 Å². The third-order valence-electron chi connectivity index (χ3n) is 3.17. The van der Waals surface area contributed by atoms with Crippen molar-refractivity contribution < 1.29 is 4.39 Å². The summed E-state index contributed by atoms with van der Waals surface area (Å²) in [5.74, 6) is -0.263. The van der Waals surface area contributed by atoms with Crippen LogP contribution < -0.4 is 5.32 Å². The van der Waals surface area contributed by atoms with E-state index in [1.165, 1.54) is 6.07 Å². The van der Waals surface area contributed by atoms with Gasteiger partial charge in [0.05, 0.1) is 5.69 Å². The lowest BCUT2D eigenvalue weighted by molar-refractivity contribution is 0.629. The molecule has 0 spiro atoms. The minimum Gasteiger partial charge on any atom is -0.379 e. The molecular weight excluding hydrogens is 319 g/mol. The van der Waals surface area contributed by atoms with Crippen LogP contribution in [0.5, 0.6) is 0 Å². The molecule has 0 bridgehead atoms. The quantitative estimate of drug-likeness (QED) is 0.749. The van der Waals surface area contributed by atoms with E-state index in [1.807, 2.05) is 36.5 Å². The molecule has 4 heteroatoms. The first-order valence-corrected chi connectivity index (χ1v) is 7.04. The van der Waals surface area contributed by atoms with Gasteiger partial charge in [-0.05, 0) is 35.2 Å². The molecule has 0 saturated heterocycles. The van der Waals surface area contributed by atoms with Crippen molar-refractivity contribution in [1.29, 1.82) is 0 Å². The minimum absolute atomic E-state index is 0.263. The van der Waals surface area contributed by atoms with E-state index in [9.17, 15) is 4.39 Å². The number of fused-ring (bicyclic) bond motifs is 1. The van der Waals surface area contributed by atoms with Crippen molar-refractivity contribution in [3.05, 3.63) is 70.7 Å². The molecule has 2 nitrogen and oxygen atoms in total. The third-order valence-corrected chi connectivity index (χ3v) is 3.66. The van der Waals surface area contributed by atoms with Crippen molar-refractivity contribution in [2.24, 2.45) is 0 Å². The molecule has 100 valence electrons. The van der Waals surface area contributed by atoms with Crippen LogP contribution in [-0.4, -0.2) is 4.98 Å². The van der Waals surface area contributed by atoms with Gasteiger partial charge in [0.15, 0.2) is 0 Å². The number of rotatable bonds is 3. The molecule has 2 aromatic carbocycles. The van der Waals surface area contributed by atoms with Crippen molar-refractivity contribution in [3.8, 4) is 0 Å². The molecule has 1 aromatic heterocycles. The summed E-state index contributed by atoms with van der Waals surface area (Å²) in [4.78, 5) is 4.11. The van der Waals surface area contributed by atoms with Crippen LogP contribution in [0.1, 0.15) is 5.56 Å². The summed E-state index contributed by atoms with van der Waals surface area (Å²) >= 11 is 3.25. The molecular formula is C16H12BrFN2. The van der Waals surface area contributed by atoms with Crippen molar-refractivity contribution >= 4 is 32.4 Å². The first-order valence-electron chi connectivity index (χ1n) is 6.24. The average Bonchev–Trinajstić information content (AvgIpc) is 2.46. The van der Waals surface area contributed by atoms with Gasteiger partial charge in [0.25, 0.3) is 0 Å². The van der Waals surface area contributed by atoms with Crippen molar-refractivity contribution in [3.63, 3.8) is 0 Å². The van der Waals surface area contributed by atoms with Gasteiger partial charge < -0.3 is 5.32 Å². The van der Waals surface area contributed by atoms with E-state index in [0.29, 0.717) is 12.2 Å². The molecule has 3 aromatic rings. The van der Waals surface area contributed by atoms with Gasteiger partial charge in [0.2, 0.25) is 0 Å². The summed E-state index contributed by atoms with van der Waals surface area (Å²) in [5.41, 5.74) is 1.62. The summed E-state index contributed by atoms with van der Waals surface area (Å²) in [7, 11) is 0. The number of hydrogen-bond donors (Lipinski definition) is 1. The van der Waals surface area contributed by atoms with Gasteiger partial charge in [0.1, 0.15) is 5.82 Å². The Morgan fingerprint density at radius 3 is 2.90 bits per heavy atom. The van der Waals surface area contributed by atoms with Gasteiger partial charge in [0, 0.05) is 28.8 Å². The largest absolute Gasteiger partial charge is 0.379 e. The lowest BCUT2D eigenvalue weighted by atomic mass is 10.1. The fourth-order valence-corrected chi connectivity index (χ4v) is 2.50. The molecule has 0 atom stereocenters. The highest BCUT2D eigenvalue weighted by molar-refractivity contribution is 9.10. The molecule has 0 amide bonds. The van der Waals surface area contributed by atoms with Gasteiger partial charge in [-0.15, -0.1) is 0 Å². The number of nitrogens with one attached hydrogen (secondary N) is 1. The lowest BCUT2D eigenvalue weighted by Gasteiger charge is -2.10. The highest BCUT2D eigenvalue weighted by Crippen LogP contribution is 2.22. The van der Waals surface area contributed by atoms with Gasteiger partial charge in [-0.1, -0.05) is 34.1 Å². The zero-order chi connectivity index (χ0) is 13.9. The van der Waals surface area contributed by atoms with Crippen LogP contribution in [0.4, 0.5) is 10.1 Å². The highest BCUT2D eigenvalue weighted by atomic mass is 79.9. The SMILES string of the molecule is Fc1cc(Br)ccc1NCc1cccc2cnccc12. The van der Waals surface area contributed by atoms with Gasteiger partial charge in [-0.2, -0.15) is 0 Å². The molecule has 0 radical (unpaired) electrons. The number of benzene rings is 2. The fraction of sp³-hybridized carbons (Fsp3) is 0.0625. The topological polar surface area (TPSA) is 24.9 Å². The van der Waals surface area contributed by atoms with Crippen LogP contribution in [0.15, 0.2) is 59.3 Å². The summed E-state index contributed by atoms with van der Waals surface area (Å²) in [5, 5.41) is 5.35. The van der Waals surface area contributed by atoms with E-state index in [1.54, 1.807) is 12.3 Å². The van der Waals surface area contributed by atoms with Crippen molar-refractivity contribution in [2.45, 2.75) is 6.54 Å². The second-order valence-electron chi connectivity index (χ2n) is 4.49. The average molecular weight is 331 g/mol. The fourth-order valence-electron chi connectivity index (χ4n) is 2.17. The number of nitrogens with zero attached hydrogens (tertiary/aromatic N) is 1. The summed E-state index contributed by atoms with van der Waals surface area (Å²) < 4.78 is 14.5. The van der Waals surface area contributed by atoms with Crippen molar-refractivity contribution in [2.75, 3.05) is 5.32 Å². The number of halogens is 2. The third kappa shape index (κ3) is 2.65. The maximum absolute atomic E-state index is 13.8. The number of pyridine rings is 1. The molecule has 20 heavy (non-hydrogen) atoms. The molecule has 0 unspecified atom stereocenters. The molecule has 0 saturated carbocycles. The molecule has 0 fully saturated rings. The number of hydrogen-bond acceptors (Lipinski definition) is 2. The predicted octanol–water partition coefficient (Wildman–Crippen LogP) is 4.75. The minimum atomic E-state index is -0.263. The first kappa shape index (κ1) is 13.1. The maximum Gasteiger partial charge on any atom is 0.147 e. The van der Waals surface area contributed by atoms with E-state index in [0.717, 1.165) is 20.8 Å². The van der Waals surface area contributed by atoms with E-state index < -0.39 is 0 Å². The molecule has 1 heterocycles. The smallest absolute Gasteiger partial charge is 0.147 e. The summed E-state index contributed by atoms with van der Waals surface area (Å²) in [6, 6.07) is 13.0. The van der Waals surface area contributed by atoms with Crippen molar-refractivity contribution in [1.82, 2.24) is 4.98 Å². The molecule has 0 aliphatic carbocycles. The number of aromatic nitrogens is 1. The Balaban J connectivity index is 1.87. The maximum atomic E-state index is 13.8. The standard InChI is InChI=1S/C16H12BrFN2/c17-13-4-5-16(15(18)8-13)20-10-12-3-1-2-11-9-19-7-6-14(11)12/h1-9,20H,10H2. The summed E-state index contributed by atoms with van der Waals surface area (Å²) in [6.45, 7) is 0.569. The Morgan fingerprint density at radius 2 is 2.05 bits per heavy atom. The van der Waals surface area contributed by atoms with Crippen LogP contribution in [0, 0.1) is 5.82 Å². The molecule has 0 aliphatic heterocycles. The predicted molar refractivity (Wildman–Crippen MR) is 83.2 cm³/mol. The lowest BCUT2D eigenvalue weighted by Crippen LogP contribution is -2.02. The second-order valence-corrected chi connectivity index (χ2v) is 5.41. The van der Waals surface area contributed by atoms with Crippen LogP contribution in [0.25, 0.3) is 10.8 Å². The van der Waals surface area contributed by atoms with Gasteiger partial charge in [-0.3, -0.25) is 4.98 Å². The van der Waals surface area contributed by atoms with E-state index in [2.05, 4.69) is 26.2 Å². The molecule has 3 rings (SSSR count). The van der Waals surface area contributed by atoms with E-state index in [-0.39, 0.29) is 5.82 Å². The van der Waals surface area contributed by atoms with Crippen LogP contribution >= 0.6 is 15.9 Å². The van der Waals surface area contributed by atoms with Gasteiger partial charge in [-0.25, -0.2) is 4.39 Å². The van der Waals surface area contributed by atoms with Crippen LogP contribution in [-0.2, 0) is 6.54 Å². The van der Waals surface area contributed by atoms with Crippen LogP contribution in [0.2, 0.25) is 0 Å². The van der Waals surface area contributed by atoms with Gasteiger partial charge >= 0.3 is 0 Å². The van der Waals surface area contributed by atoms with E-state index in [4.69, 9.17) is 0 Å². The Hall–Kier alpha value is -1.94. The Labute approximate surface area is 124 Å². The number of anilines is 1. The molecule has 0 aliphatic rings. The zero-order valence-electron chi connectivity index (χ0n) is 10.6. The normalized spacial score (nSPS) is 10.7. The zero-order valence-corrected chi connectivity index (χ0v) is 12.2.